The van der Waals surface area contributed by atoms with E-state index < -0.39 is 17.6 Å². The monoisotopic (exact) mass is 882 g/mol. The number of carbonyl (C=O) groups is 4. The minimum atomic E-state index is -0.594. The molecule has 12 nitrogen and oxygen atoms in total. The third kappa shape index (κ3) is 12.6. The minimum absolute atomic E-state index is 0.0766. The second-order valence-electron chi connectivity index (χ2n) is 15.9. The predicted octanol–water partition coefficient (Wildman–Crippen LogP) is 9.50. The van der Waals surface area contributed by atoms with Crippen LogP contribution in [0.4, 0.5) is 41.1 Å². The number of urea groups is 2. The van der Waals surface area contributed by atoms with Gasteiger partial charge in [-0.3, -0.25) is 14.6 Å². The van der Waals surface area contributed by atoms with Crippen molar-refractivity contribution in [2.45, 2.75) is 79.3 Å². The largest absolute Gasteiger partial charge is 0.465 e. The Balaban J connectivity index is 0.000000241. The first kappa shape index (κ1) is 49.0. The third-order valence-electron chi connectivity index (χ3n) is 12.0. The SMILES string of the molecule is CCN(CC)c1ccc(N(Cc2ccc(C(=O)CN)cc2F)C(=O)N2CCCCC2)cc1.CCN(CC)c1ccc(N(Cc2ccc(C(=O)OC)cc2F)C(=O)N2CCCCC2)cc1. The van der Waals surface area contributed by atoms with Gasteiger partial charge in [0, 0.05) is 91.8 Å². The number of halogens is 2. The van der Waals surface area contributed by atoms with Crippen molar-refractivity contribution in [2.75, 3.05) is 85.6 Å². The first-order valence-corrected chi connectivity index (χ1v) is 22.7. The lowest BCUT2D eigenvalue weighted by molar-refractivity contribution is 0.0600. The number of rotatable bonds is 15. The molecular weight excluding hydrogens is 817 g/mol. The van der Waals surface area contributed by atoms with Crippen LogP contribution < -0.4 is 25.3 Å². The molecule has 2 aliphatic heterocycles. The number of likely N-dealkylation sites (tertiary alicyclic amines) is 2. The van der Waals surface area contributed by atoms with Crippen molar-refractivity contribution in [2.24, 2.45) is 5.73 Å². The highest BCUT2D eigenvalue weighted by molar-refractivity contribution is 5.97. The van der Waals surface area contributed by atoms with E-state index in [4.69, 9.17) is 5.73 Å². The summed E-state index contributed by atoms with van der Waals surface area (Å²) in [5, 5.41) is 0. The molecule has 4 aromatic rings. The molecule has 6 rings (SSSR count). The molecule has 0 spiro atoms. The number of hydrogen-bond donors (Lipinski definition) is 1. The van der Waals surface area contributed by atoms with Crippen LogP contribution in [0.2, 0.25) is 0 Å². The molecule has 0 saturated carbocycles. The van der Waals surface area contributed by atoms with Crippen molar-refractivity contribution in [3.63, 3.8) is 0 Å². The molecular formula is C50H65F2N7O5. The van der Waals surface area contributed by atoms with Gasteiger partial charge in [-0.25, -0.2) is 23.2 Å². The summed E-state index contributed by atoms with van der Waals surface area (Å²) in [6.07, 6.45) is 6.14. The molecule has 344 valence electrons. The van der Waals surface area contributed by atoms with E-state index in [0.29, 0.717) is 43.0 Å². The van der Waals surface area contributed by atoms with Crippen LogP contribution in [-0.4, -0.2) is 99.6 Å². The van der Waals surface area contributed by atoms with E-state index in [1.54, 1.807) is 28.0 Å². The van der Waals surface area contributed by atoms with Crippen molar-refractivity contribution in [1.29, 1.82) is 0 Å². The zero-order chi connectivity index (χ0) is 46.2. The molecule has 0 aliphatic carbocycles. The van der Waals surface area contributed by atoms with Crippen LogP contribution >= 0.6 is 0 Å². The van der Waals surface area contributed by atoms with E-state index in [9.17, 15) is 28.0 Å². The average Bonchev–Trinajstić information content (AvgIpc) is 3.34. The van der Waals surface area contributed by atoms with E-state index in [1.807, 2.05) is 58.3 Å². The standard InChI is InChI=1S/C25H33FN4O2.C25H32FN3O3/c1-3-28(4-2)21-10-12-22(13-11-21)30(25(32)29-14-6-5-7-15-29)18-20-9-8-19(16-23(20)26)24(31)17-27;1-4-27(5-2)21-11-13-22(14-12-21)29(25(31)28-15-7-6-8-16-28)18-20-10-9-19(17-23(20)26)24(30)32-3/h8-13,16H,3-7,14-15,17-18,27H2,1-2H3;9-14,17H,4-8,15-16,18H2,1-3H3. The summed E-state index contributed by atoms with van der Waals surface area (Å²) in [6, 6.07) is 24.0. The molecule has 14 heteroatoms. The van der Waals surface area contributed by atoms with Crippen molar-refractivity contribution in [3.8, 4) is 0 Å². The Morgan fingerprint density at radius 1 is 0.547 bits per heavy atom. The highest BCUT2D eigenvalue weighted by atomic mass is 19.1. The summed E-state index contributed by atoms with van der Waals surface area (Å²) in [7, 11) is 1.26. The molecule has 0 aromatic heterocycles. The van der Waals surface area contributed by atoms with Gasteiger partial charge >= 0.3 is 18.0 Å². The molecule has 0 unspecified atom stereocenters. The summed E-state index contributed by atoms with van der Waals surface area (Å²) < 4.78 is 34.3. The van der Waals surface area contributed by atoms with E-state index in [-0.39, 0.29) is 48.6 Å². The molecule has 2 aliphatic rings. The number of Topliss-reactive ketones (excluding diaryl/α,β-unsaturated/α-hetero) is 1. The Hall–Kier alpha value is -6.02. The van der Waals surface area contributed by atoms with Crippen LogP contribution in [0.25, 0.3) is 0 Å². The Bertz CT molecular complexity index is 2000. The number of anilines is 4. The minimum Gasteiger partial charge on any atom is -0.465 e. The number of carbonyl (C=O) groups excluding carboxylic acids is 4. The van der Waals surface area contributed by atoms with Crippen LogP contribution in [0.15, 0.2) is 84.9 Å². The highest BCUT2D eigenvalue weighted by Crippen LogP contribution is 2.28. The van der Waals surface area contributed by atoms with Crippen molar-refractivity contribution >= 4 is 46.6 Å². The van der Waals surface area contributed by atoms with Gasteiger partial charge in [-0.05, 0) is 133 Å². The number of esters is 1. The third-order valence-corrected chi connectivity index (χ3v) is 12.0. The molecule has 0 atom stereocenters. The molecule has 4 amide bonds. The van der Waals surface area contributed by atoms with Crippen molar-refractivity contribution in [3.05, 3.63) is 119 Å². The van der Waals surface area contributed by atoms with Crippen LogP contribution in [0.3, 0.4) is 0 Å². The molecule has 0 radical (unpaired) electrons. The molecule has 2 heterocycles. The van der Waals surface area contributed by atoms with Gasteiger partial charge in [-0.1, -0.05) is 18.2 Å². The fraction of sp³-hybridized carbons (Fsp3) is 0.440. The number of nitrogens with zero attached hydrogens (tertiary/aromatic N) is 6. The number of amides is 4. The van der Waals surface area contributed by atoms with Crippen molar-refractivity contribution in [1.82, 2.24) is 9.80 Å². The molecule has 0 bridgehead atoms. The van der Waals surface area contributed by atoms with Gasteiger partial charge < -0.3 is 30.1 Å². The average molecular weight is 882 g/mol. The van der Waals surface area contributed by atoms with Crippen LogP contribution in [0, 0.1) is 11.6 Å². The smallest absolute Gasteiger partial charge is 0.337 e. The molecule has 4 aromatic carbocycles. The summed E-state index contributed by atoms with van der Waals surface area (Å²) >= 11 is 0. The normalized spacial score (nSPS) is 13.6. The van der Waals surface area contributed by atoms with E-state index in [2.05, 4.69) is 42.2 Å². The zero-order valence-corrected chi connectivity index (χ0v) is 38.2. The maximum atomic E-state index is 14.8. The van der Waals surface area contributed by atoms with Gasteiger partial charge in [0.05, 0.1) is 32.3 Å². The number of benzene rings is 4. The van der Waals surface area contributed by atoms with Gasteiger partial charge in [0.25, 0.3) is 0 Å². The predicted molar refractivity (Wildman–Crippen MR) is 252 cm³/mol. The lowest BCUT2D eigenvalue weighted by Crippen LogP contribution is -2.45. The first-order valence-electron chi connectivity index (χ1n) is 22.7. The lowest BCUT2D eigenvalue weighted by Gasteiger charge is -2.33. The number of methoxy groups -OCH3 is 1. The number of nitrogens with two attached hydrogens (primary N) is 1. The van der Waals surface area contributed by atoms with Crippen LogP contribution in [0.1, 0.15) is 98.1 Å². The Labute approximate surface area is 377 Å². The second-order valence-corrected chi connectivity index (χ2v) is 15.9. The van der Waals surface area contributed by atoms with E-state index >= 15 is 0 Å². The van der Waals surface area contributed by atoms with E-state index in [1.165, 1.54) is 19.2 Å². The zero-order valence-electron chi connectivity index (χ0n) is 38.2. The van der Waals surface area contributed by atoms with E-state index in [0.717, 1.165) is 87.8 Å². The molecule has 64 heavy (non-hydrogen) atoms. The van der Waals surface area contributed by atoms with Crippen LogP contribution in [0.5, 0.6) is 0 Å². The lowest BCUT2D eigenvalue weighted by atomic mass is 10.1. The summed E-state index contributed by atoms with van der Waals surface area (Å²) in [4.78, 5) is 61.7. The van der Waals surface area contributed by atoms with Crippen LogP contribution in [-0.2, 0) is 17.8 Å². The highest BCUT2D eigenvalue weighted by Gasteiger charge is 2.27. The quantitative estimate of drug-likeness (QED) is 0.0926. The fourth-order valence-corrected chi connectivity index (χ4v) is 8.14. The second kappa shape index (κ2) is 24.2. The van der Waals surface area contributed by atoms with Crippen molar-refractivity contribution < 1.29 is 32.7 Å². The maximum Gasteiger partial charge on any atom is 0.337 e. The molecule has 2 saturated heterocycles. The van der Waals surface area contributed by atoms with Gasteiger partial charge in [-0.2, -0.15) is 0 Å². The first-order chi connectivity index (χ1) is 31.0. The number of ether oxygens (including phenoxy) is 1. The Morgan fingerprint density at radius 3 is 1.25 bits per heavy atom. The van der Waals surface area contributed by atoms with Gasteiger partial charge in [-0.15, -0.1) is 0 Å². The maximum absolute atomic E-state index is 14.8. The molecule has 2 fully saturated rings. The summed E-state index contributed by atoms with van der Waals surface area (Å²) in [5.74, 6) is -1.96. The fourth-order valence-electron chi connectivity index (χ4n) is 8.14. The Kier molecular flexibility index (Phi) is 18.5. The molecule has 2 N–H and O–H groups in total. The Morgan fingerprint density at radius 2 is 0.906 bits per heavy atom. The summed E-state index contributed by atoms with van der Waals surface area (Å²) in [5.41, 5.74) is 10.1. The van der Waals surface area contributed by atoms with Gasteiger partial charge in [0.1, 0.15) is 11.6 Å². The number of hydrogen-bond acceptors (Lipinski definition) is 8. The topological polar surface area (TPSA) is 123 Å². The van der Waals surface area contributed by atoms with Gasteiger partial charge in [0.15, 0.2) is 5.78 Å². The number of piperidine rings is 2. The summed E-state index contributed by atoms with van der Waals surface area (Å²) in [6.45, 7) is 14.8. The van der Waals surface area contributed by atoms with Gasteiger partial charge in [0.2, 0.25) is 0 Å². The number of ketones is 1.